The van der Waals surface area contributed by atoms with Crippen LogP contribution in [0.1, 0.15) is 30.6 Å². The molecule has 0 radical (unpaired) electrons. The molecule has 134 valence electrons. The fourth-order valence-electron chi connectivity index (χ4n) is 2.07. The van der Waals surface area contributed by atoms with Crippen LogP contribution in [-0.2, 0) is 9.53 Å². The average Bonchev–Trinajstić information content (AvgIpc) is 2.59. The van der Waals surface area contributed by atoms with Crippen molar-refractivity contribution in [3.05, 3.63) is 29.8 Å². The van der Waals surface area contributed by atoms with E-state index in [0.717, 1.165) is 0 Å². The summed E-state index contributed by atoms with van der Waals surface area (Å²) in [6.07, 6.45) is -0.159. The number of carbonyl (C=O) groups excluding carboxylic acids is 3. The predicted molar refractivity (Wildman–Crippen MR) is 91.8 cm³/mol. The molecule has 1 aromatic rings. The van der Waals surface area contributed by atoms with E-state index >= 15 is 0 Å². The molecule has 25 heavy (non-hydrogen) atoms. The number of hydrogen-bond donors (Lipinski definition) is 3. The summed E-state index contributed by atoms with van der Waals surface area (Å²) >= 11 is 0. The number of nitrogens with one attached hydrogen (secondary N) is 3. The van der Waals surface area contributed by atoms with Crippen LogP contribution in [0.2, 0.25) is 0 Å². The lowest BCUT2D eigenvalue weighted by molar-refractivity contribution is -0.123. The standard InChI is InChI=1S/C17H22N4O4/c1-11(2)10-14(16(23)19-9-8-18)21-15(22)12-4-6-13(7-5-12)20-17(24)25-3/h4-7,11,14H,9-10H2,1-3H3,(H,19,23)(H,20,24)(H,21,22). The van der Waals surface area contributed by atoms with E-state index in [4.69, 9.17) is 5.26 Å². The van der Waals surface area contributed by atoms with Crippen molar-refractivity contribution >= 4 is 23.6 Å². The van der Waals surface area contributed by atoms with Crippen molar-refractivity contribution in [3.63, 3.8) is 0 Å². The second-order valence-electron chi connectivity index (χ2n) is 5.73. The van der Waals surface area contributed by atoms with E-state index < -0.39 is 23.9 Å². The third-order valence-corrected chi connectivity index (χ3v) is 3.25. The second kappa shape index (κ2) is 9.93. The molecule has 0 saturated heterocycles. The van der Waals surface area contributed by atoms with Crippen LogP contribution in [-0.4, -0.2) is 37.6 Å². The molecular weight excluding hydrogens is 324 g/mol. The lowest BCUT2D eigenvalue weighted by Crippen LogP contribution is -2.47. The van der Waals surface area contributed by atoms with Gasteiger partial charge in [-0.3, -0.25) is 14.9 Å². The van der Waals surface area contributed by atoms with Gasteiger partial charge in [-0.25, -0.2) is 4.79 Å². The lowest BCUT2D eigenvalue weighted by Gasteiger charge is -2.19. The van der Waals surface area contributed by atoms with Crippen LogP contribution < -0.4 is 16.0 Å². The normalized spacial score (nSPS) is 11.2. The highest BCUT2D eigenvalue weighted by atomic mass is 16.5. The highest BCUT2D eigenvalue weighted by molar-refractivity contribution is 5.98. The van der Waals surface area contributed by atoms with Gasteiger partial charge in [0.1, 0.15) is 12.6 Å². The van der Waals surface area contributed by atoms with Gasteiger partial charge >= 0.3 is 6.09 Å². The van der Waals surface area contributed by atoms with Crippen LogP contribution in [0.15, 0.2) is 24.3 Å². The molecule has 0 bridgehead atoms. The van der Waals surface area contributed by atoms with Gasteiger partial charge < -0.3 is 15.4 Å². The minimum atomic E-state index is -0.728. The fourth-order valence-corrected chi connectivity index (χ4v) is 2.07. The summed E-state index contributed by atoms with van der Waals surface area (Å²) in [7, 11) is 1.25. The van der Waals surface area contributed by atoms with Gasteiger partial charge in [0.05, 0.1) is 13.2 Å². The molecule has 0 fully saturated rings. The summed E-state index contributed by atoms with van der Waals surface area (Å²) in [6.45, 7) is 3.76. The maximum Gasteiger partial charge on any atom is 0.411 e. The van der Waals surface area contributed by atoms with Gasteiger partial charge in [0.25, 0.3) is 5.91 Å². The molecule has 3 amide bonds. The average molecular weight is 346 g/mol. The van der Waals surface area contributed by atoms with Gasteiger partial charge in [0, 0.05) is 11.3 Å². The van der Waals surface area contributed by atoms with Crippen LogP contribution in [0.4, 0.5) is 10.5 Å². The highest BCUT2D eigenvalue weighted by Crippen LogP contribution is 2.11. The topological polar surface area (TPSA) is 120 Å². The number of methoxy groups -OCH3 is 1. The molecule has 8 heteroatoms. The molecule has 1 aromatic carbocycles. The number of hydrogen-bond acceptors (Lipinski definition) is 5. The van der Waals surface area contributed by atoms with Gasteiger partial charge in [0.15, 0.2) is 0 Å². The third kappa shape index (κ3) is 6.91. The predicted octanol–water partition coefficient (Wildman–Crippen LogP) is 1.65. The van der Waals surface area contributed by atoms with Crippen LogP contribution >= 0.6 is 0 Å². The summed E-state index contributed by atoms with van der Waals surface area (Å²) in [5.41, 5.74) is 0.825. The van der Waals surface area contributed by atoms with Gasteiger partial charge in [-0.05, 0) is 36.6 Å². The Morgan fingerprint density at radius 3 is 2.36 bits per heavy atom. The first-order chi connectivity index (χ1) is 11.9. The van der Waals surface area contributed by atoms with Crippen molar-refractivity contribution in [2.75, 3.05) is 19.0 Å². The minimum Gasteiger partial charge on any atom is -0.453 e. The summed E-state index contributed by atoms with van der Waals surface area (Å²) in [6, 6.07) is 7.27. The Kier molecular flexibility index (Phi) is 7.93. The zero-order chi connectivity index (χ0) is 18.8. The van der Waals surface area contributed by atoms with Crippen LogP contribution in [0.25, 0.3) is 0 Å². The van der Waals surface area contributed by atoms with Crippen molar-refractivity contribution in [2.24, 2.45) is 5.92 Å². The largest absolute Gasteiger partial charge is 0.453 e. The van der Waals surface area contributed by atoms with E-state index in [-0.39, 0.29) is 12.5 Å². The molecule has 0 saturated carbocycles. The Morgan fingerprint density at radius 1 is 1.20 bits per heavy atom. The lowest BCUT2D eigenvalue weighted by atomic mass is 10.0. The zero-order valence-corrected chi connectivity index (χ0v) is 14.5. The van der Waals surface area contributed by atoms with Gasteiger partial charge in [0.2, 0.25) is 5.91 Å². The summed E-state index contributed by atoms with van der Waals surface area (Å²) in [4.78, 5) is 35.5. The molecule has 0 aromatic heterocycles. The number of rotatable bonds is 7. The van der Waals surface area contributed by atoms with Gasteiger partial charge in [-0.15, -0.1) is 0 Å². The first-order valence-corrected chi connectivity index (χ1v) is 7.78. The molecule has 3 N–H and O–H groups in total. The van der Waals surface area contributed by atoms with E-state index in [1.165, 1.54) is 19.2 Å². The highest BCUT2D eigenvalue weighted by Gasteiger charge is 2.22. The zero-order valence-electron chi connectivity index (χ0n) is 14.5. The van der Waals surface area contributed by atoms with Crippen molar-refractivity contribution < 1.29 is 19.1 Å². The molecule has 0 aliphatic carbocycles. The Labute approximate surface area is 146 Å². The number of nitrogens with zero attached hydrogens (tertiary/aromatic N) is 1. The molecule has 1 atom stereocenters. The Balaban J connectivity index is 2.77. The third-order valence-electron chi connectivity index (χ3n) is 3.25. The van der Waals surface area contributed by atoms with Crippen LogP contribution in [0.3, 0.4) is 0 Å². The van der Waals surface area contributed by atoms with Gasteiger partial charge in [-0.1, -0.05) is 13.8 Å². The molecule has 0 aliphatic rings. The maximum absolute atomic E-state index is 12.3. The summed E-state index contributed by atoms with van der Waals surface area (Å²) in [5, 5.41) is 16.2. The monoisotopic (exact) mass is 346 g/mol. The van der Waals surface area contributed by atoms with E-state index in [2.05, 4.69) is 20.7 Å². The van der Waals surface area contributed by atoms with E-state index in [9.17, 15) is 14.4 Å². The molecule has 0 aliphatic heterocycles. The first kappa shape index (κ1) is 20.0. The van der Waals surface area contributed by atoms with Crippen LogP contribution in [0.5, 0.6) is 0 Å². The molecule has 1 rings (SSSR count). The Morgan fingerprint density at radius 2 is 1.84 bits per heavy atom. The first-order valence-electron chi connectivity index (χ1n) is 7.78. The SMILES string of the molecule is COC(=O)Nc1ccc(C(=O)NC(CC(C)C)C(=O)NCC#N)cc1. The number of amides is 3. The van der Waals surface area contributed by atoms with Crippen molar-refractivity contribution in [1.29, 1.82) is 5.26 Å². The molecule has 8 nitrogen and oxygen atoms in total. The smallest absolute Gasteiger partial charge is 0.411 e. The number of ether oxygens (including phenoxy) is 1. The van der Waals surface area contributed by atoms with Crippen molar-refractivity contribution in [3.8, 4) is 6.07 Å². The fraction of sp³-hybridized carbons (Fsp3) is 0.412. The Bertz CT molecular complexity index is 650. The molecule has 1 unspecified atom stereocenters. The molecule has 0 heterocycles. The summed E-state index contributed by atoms with van der Waals surface area (Å²) < 4.78 is 4.48. The molecule has 0 spiro atoms. The number of anilines is 1. The quantitative estimate of drug-likeness (QED) is 0.648. The maximum atomic E-state index is 12.3. The van der Waals surface area contributed by atoms with Crippen LogP contribution in [0, 0.1) is 17.2 Å². The van der Waals surface area contributed by atoms with Crippen molar-refractivity contribution in [2.45, 2.75) is 26.3 Å². The minimum absolute atomic E-state index is 0.114. The van der Waals surface area contributed by atoms with E-state index in [0.29, 0.717) is 17.7 Å². The number of benzene rings is 1. The van der Waals surface area contributed by atoms with Gasteiger partial charge in [-0.2, -0.15) is 5.26 Å². The summed E-state index contributed by atoms with van der Waals surface area (Å²) in [5.74, 6) is -0.625. The van der Waals surface area contributed by atoms with E-state index in [1.807, 2.05) is 19.9 Å². The second-order valence-corrected chi connectivity index (χ2v) is 5.73. The van der Waals surface area contributed by atoms with Crippen molar-refractivity contribution in [1.82, 2.24) is 10.6 Å². The molecular formula is C17H22N4O4. The van der Waals surface area contributed by atoms with E-state index in [1.54, 1.807) is 12.1 Å². The number of nitriles is 1. The number of carbonyl (C=O) groups is 3. The Hall–Kier alpha value is -3.08.